The summed E-state index contributed by atoms with van der Waals surface area (Å²) in [6, 6.07) is 12.7. The number of nitrogens with zero attached hydrogens (tertiary/aromatic N) is 1. The van der Waals surface area contributed by atoms with Crippen molar-refractivity contribution >= 4 is 23.3 Å². The maximum atomic E-state index is 12.3. The average Bonchev–Trinajstić information content (AvgIpc) is 3.52. The Labute approximate surface area is 188 Å². The highest BCUT2D eigenvalue weighted by atomic mass is 16.5. The summed E-state index contributed by atoms with van der Waals surface area (Å²) in [5.74, 6) is -0.249. The van der Waals surface area contributed by atoms with Gasteiger partial charge in [-0.1, -0.05) is 0 Å². The van der Waals surface area contributed by atoms with Gasteiger partial charge in [0.1, 0.15) is 12.4 Å². The van der Waals surface area contributed by atoms with E-state index in [1.807, 2.05) is 19.1 Å². The first-order valence-electron chi connectivity index (χ1n) is 11.3. The lowest BCUT2D eigenvalue weighted by Crippen LogP contribution is -2.22. The second kappa shape index (κ2) is 10.5. The van der Waals surface area contributed by atoms with Crippen LogP contribution in [0.3, 0.4) is 0 Å². The van der Waals surface area contributed by atoms with E-state index in [1.165, 1.54) is 18.5 Å². The predicted molar refractivity (Wildman–Crippen MR) is 122 cm³/mol. The number of aryl methyl sites for hydroxylation is 1. The Kier molecular flexibility index (Phi) is 7.27. The van der Waals surface area contributed by atoms with Crippen LogP contribution in [0, 0.1) is 6.92 Å². The fraction of sp³-hybridized carbons (Fsp3) is 0.440. The smallest absolute Gasteiger partial charge is 0.338 e. The van der Waals surface area contributed by atoms with Crippen molar-refractivity contribution in [3.63, 3.8) is 0 Å². The number of carbonyl (C=O) groups excluding carboxylic acids is 2. The van der Waals surface area contributed by atoms with E-state index in [-0.39, 0.29) is 18.6 Å². The summed E-state index contributed by atoms with van der Waals surface area (Å²) in [5.41, 5.74) is 3.25. The molecule has 0 aliphatic carbocycles. The van der Waals surface area contributed by atoms with Crippen LogP contribution in [0.4, 0.5) is 11.4 Å². The van der Waals surface area contributed by atoms with Gasteiger partial charge in [-0.15, -0.1) is 0 Å². The summed E-state index contributed by atoms with van der Waals surface area (Å²) >= 11 is 0. The third kappa shape index (κ3) is 5.79. The lowest BCUT2D eigenvalue weighted by Gasteiger charge is -2.19. The maximum absolute atomic E-state index is 12.3. The second-order valence-corrected chi connectivity index (χ2v) is 8.29. The van der Waals surface area contributed by atoms with E-state index in [0.717, 1.165) is 43.8 Å². The Morgan fingerprint density at radius 2 is 1.88 bits per heavy atom. The molecular weight excluding hydrogens is 408 g/mol. The van der Waals surface area contributed by atoms with Gasteiger partial charge in [0.15, 0.2) is 6.61 Å². The molecule has 0 radical (unpaired) electrons. The van der Waals surface area contributed by atoms with Crippen LogP contribution in [0.25, 0.3) is 0 Å². The normalized spacial score (nSPS) is 17.9. The Bertz CT molecular complexity index is 932. The number of rotatable bonds is 8. The molecule has 4 rings (SSSR count). The van der Waals surface area contributed by atoms with Crippen molar-refractivity contribution in [2.75, 3.05) is 43.1 Å². The number of esters is 1. The largest absolute Gasteiger partial charge is 0.491 e. The minimum absolute atomic E-state index is 0.137. The van der Waals surface area contributed by atoms with Crippen LogP contribution >= 0.6 is 0 Å². The Hall–Kier alpha value is -3.06. The molecule has 2 heterocycles. The van der Waals surface area contributed by atoms with Crippen molar-refractivity contribution in [1.82, 2.24) is 0 Å². The van der Waals surface area contributed by atoms with Crippen molar-refractivity contribution in [1.29, 1.82) is 0 Å². The third-order valence-corrected chi connectivity index (χ3v) is 5.84. The van der Waals surface area contributed by atoms with Crippen molar-refractivity contribution < 1.29 is 23.8 Å². The SMILES string of the molecule is Cc1cc(N2CCCC2)ccc1NC(=O)COC(=O)c1ccc(OCC2CCCO2)cc1. The van der Waals surface area contributed by atoms with Gasteiger partial charge in [0.25, 0.3) is 5.91 Å². The lowest BCUT2D eigenvalue weighted by molar-refractivity contribution is -0.119. The van der Waals surface area contributed by atoms with Crippen molar-refractivity contribution in [2.45, 2.75) is 38.7 Å². The summed E-state index contributed by atoms with van der Waals surface area (Å²) in [6.45, 7) is 5.05. The highest BCUT2D eigenvalue weighted by Crippen LogP contribution is 2.25. The number of hydrogen-bond donors (Lipinski definition) is 1. The number of ether oxygens (including phenoxy) is 3. The zero-order valence-electron chi connectivity index (χ0n) is 18.5. The lowest BCUT2D eigenvalue weighted by atomic mass is 10.1. The first-order valence-corrected chi connectivity index (χ1v) is 11.3. The monoisotopic (exact) mass is 438 g/mol. The van der Waals surface area contributed by atoms with Gasteiger partial charge in [-0.2, -0.15) is 0 Å². The number of nitrogens with one attached hydrogen (secondary N) is 1. The van der Waals surface area contributed by atoms with Crippen LogP contribution in [0.5, 0.6) is 5.75 Å². The minimum atomic E-state index is -0.549. The molecule has 2 fully saturated rings. The molecule has 0 aromatic heterocycles. The molecule has 1 amide bonds. The van der Waals surface area contributed by atoms with Gasteiger partial charge in [-0.25, -0.2) is 4.79 Å². The molecule has 1 atom stereocenters. The number of carbonyl (C=O) groups is 2. The van der Waals surface area contributed by atoms with Gasteiger partial charge in [0, 0.05) is 31.1 Å². The van der Waals surface area contributed by atoms with E-state index in [2.05, 4.69) is 16.3 Å². The quantitative estimate of drug-likeness (QED) is 0.629. The van der Waals surface area contributed by atoms with Crippen molar-refractivity contribution in [3.05, 3.63) is 53.6 Å². The second-order valence-electron chi connectivity index (χ2n) is 8.29. The van der Waals surface area contributed by atoms with Crippen molar-refractivity contribution in [2.24, 2.45) is 0 Å². The number of amides is 1. The van der Waals surface area contributed by atoms with Crippen LogP contribution in [-0.4, -0.2) is 50.9 Å². The Morgan fingerprint density at radius 3 is 2.56 bits per heavy atom. The molecule has 2 aromatic carbocycles. The van der Waals surface area contributed by atoms with Crippen LogP contribution in [0.2, 0.25) is 0 Å². The zero-order chi connectivity index (χ0) is 22.3. The molecule has 2 aliphatic heterocycles. The number of hydrogen-bond acceptors (Lipinski definition) is 6. The Morgan fingerprint density at radius 1 is 1.09 bits per heavy atom. The summed E-state index contributed by atoms with van der Waals surface area (Å²) in [4.78, 5) is 26.9. The van der Waals surface area contributed by atoms with Gasteiger partial charge >= 0.3 is 5.97 Å². The molecule has 0 spiro atoms. The van der Waals surface area contributed by atoms with E-state index < -0.39 is 5.97 Å². The molecule has 2 aromatic rings. The van der Waals surface area contributed by atoms with Gasteiger partial charge in [-0.3, -0.25) is 4.79 Å². The highest BCUT2D eigenvalue weighted by Gasteiger charge is 2.17. The van der Waals surface area contributed by atoms with Gasteiger partial charge in [0.2, 0.25) is 0 Å². The summed E-state index contributed by atoms with van der Waals surface area (Å²) in [7, 11) is 0. The van der Waals surface area contributed by atoms with Crippen LogP contribution < -0.4 is 15.0 Å². The van der Waals surface area contributed by atoms with Crippen LogP contribution in [-0.2, 0) is 14.3 Å². The van der Waals surface area contributed by atoms with Gasteiger partial charge in [-0.05, 0) is 80.6 Å². The summed E-state index contributed by atoms with van der Waals surface area (Å²) in [5, 5.41) is 2.82. The van der Waals surface area contributed by atoms with E-state index in [0.29, 0.717) is 17.9 Å². The summed E-state index contributed by atoms with van der Waals surface area (Å²) in [6.07, 6.45) is 4.64. The molecule has 1 unspecified atom stereocenters. The van der Waals surface area contributed by atoms with Crippen LogP contribution in [0.1, 0.15) is 41.6 Å². The van der Waals surface area contributed by atoms with Crippen molar-refractivity contribution in [3.8, 4) is 5.75 Å². The first kappa shape index (κ1) is 22.1. The molecule has 7 nitrogen and oxygen atoms in total. The maximum Gasteiger partial charge on any atom is 0.338 e. The fourth-order valence-electron chi connectivity index (χ4n) is 4.01. The third-order valence-electron chi connectivity index (χ3n) is 5.84. The molecule has 7 heteroatoms. The van der Waals surface area contributed by atoms with E-state index in [4.69, 9.17) is 14.2 Å². The van der Waals surface area contributed by atoms with Crippen LogP contribution in [0.15, 0.2) is 42.5 Å². The van der Waals surface area contributed by atoms with E-state index in [9.17, 15) is 9.59 Å². The van der Waals surface area contributed by atoms with E-state index in [1.54, 1.807) is 24.3 Å². The number of benzene rings is 2. The first-order chi connectivity index (χ1) is 15.6. The molecule has 0 bridgehead atoms. The molecule has 1 N–H and O–H groups in total. The van der Waals surface area contributed by atoms with Gasteiger partial charge < -0.3 is 24.4 Å². The summed E-state index contributed by atoms with van der Waals surface area (Å²) < 4.78 is 16.4. The minimum Gasteiger partial charge on any atom is -0.491 e. The molecule has 2 aliphatic rings. The topological polar surface area (TPSA) is 77.1 Å². The number of anilines is 2. The average molecular weight is 439 g/mol. The fourth-order valence-corrected chi connectivity index (χ4v) is 4.01. The Balaban J connectivity index is 1.23. The molecule has 2 saturated heterocycles. The molecule has 170 valence electrons. The predicted octanol–water partition coefficient (Wildman–Crippen LogP) is 3.95. The standard InChI is InChI=1S/C25H30N2O5/c1-18-15-20(27-12-2-3-13-27)8-11-23(18)26-24(28)17-32-25(29)19-6-9-21(10-7-19)31-16-22-5-4-14-30-22/h6-11,15,22H,2-5,12-14,16-17H2,1H3,(H,26,28). The molecule has 0 saturated carbocycles. The molecular formula is C25H30N2O5. The zero-order valence-corrected chi connectivity index (χ0v) is 18.5. The van der Waals surface area contributed by atoms with Gasteiger partial charge in [0.05, 0.1) is 11.7 Å². The highest BCUT2D eigenvalue weighted by molar-refractivity contribution is 5.96. The van der Waals surface area contributed by atoms with E-state index >= 15 is 0 Å². The molecule has 32 heavy (non-hydrogen) atoms.